The largest absolute Gasteiger partial charge is 0.175 e. The van der Waals surface area contributed by atoms with Gasteiger partial charge < -0.3 is 0 Å². The van der Waals surface area contributed by atoms with E-state index in [0.717, 1.165) is 11.5 Å². The predicted octanol–water partition coefficient (Wildman–Crippen LogP) is 3.24. The van der Waals surface area contributed by atoms with Crippen molar-refractivity contribution in [1.82, 2.24) is 0 Å². The molecule has 0 spiro atoms. The Kier molecular flexibility index (Phi) is 3.65. The highest BCUT2D eigenvalue weighted by Gasteiger charge is 2.25. The molecule has 0 radical (unpaired) electrons. The molecule has 1 saturated carbocycles. The van der Waals surface area contributed by atoms with E-state index in [-0.39, 0.29) is 0 Å². The van der Waals surface area contributed by atoms with Crippen molar-refractivity contribution >= 4 is 19.9 Å². The minimum atomic E-state index is -0.428. The third-order valence-electron chi connectivity index (χ3n) is 3.36. The molecular formula is C12H17ClSi. The minimum Gasteiger partial charge on any atom is -0.175 e. The normalized spacial score (nSPS) is 20.6. The second-order valence-electron chi connectivity index (χ2n) is 4.22. The smallest absolute Gasteiger partial charge is 0.133 e. The maximum absolute atomic E-state index is 6.22. The van der Waals surface area contributed by atoms with Gasteiger partial charge in [-0.2, -0.15) is 11.1 Å². The molecule has 1 unspecified atom stereocenters. The Labute approximate surface area is 93.2 Å². The van der Waals surface area contributed by atoms with E-state index in [0.29, 0.717) is 0 Å². The molecule has 76 valence electrons. The first-order valence-corrected chi connectivity index (χ1v) is 8.48. The molecular weight excluding hydrogens is 208 g/mol. The standard InChI is InChI=1S/C12H17ClSi/c13-14-12(11-8-4-5-9-11)10-6-2-1-3-7-10/h1-3,6-7,11-12H,4-5,8-9,14H2. The Morgan fingerprint density at radius 2 is 1.79 bits per heavy atom. The lowest BCUT2D eigenvalue weighted by Gasteiger charge is -2.20. The summed E-state index contributed by atoms with van der Waals surface area (Å²) in [6.45, 7) is 0. The first-order valence-electron chi connectivity index (χ1n) is 5.52. The molecule has 1 aromatic rings. The molecule has 1 aromatic carbocycles. The fourth-order valence-electron chi connectivity index (χ4n) is 2.55. The van der Waals surface area contributed by atoms with Crippen molar-refractivity contribution in [2.75, 3.05) is 0 Å². The van der Waals surface area contributed by atoms with E-state index in [1.165, 1.54) is 31.2 Å². The quantitative estimate of drug-likeness (QED) is 0.546. The zero-order chi connectivity index (χ0) is 9.80. The summed E-state index contributed by atoms with van der Waals surface area (Å²) >= 11 is 6.22. The van der Waals surface area contributed by atoms with Crippen molar-refractivity contribution < 1.29 is 0 Å². The molecule has 0 nitrogen and oxygen atoms in total. The number of halogens is 1. The fourth-order valence-corrected chi connectivity index (χ4v) is 5.01. The molecule has 2 rings (SSSR count). The summed E-state index contributed by atoms with van der Waals surface area (Å²) < 4.78 is 0. The zero-order valence-electron chi connectivity index (χ0n) is 8.45. The van der Waals surface area contributed by atoms with E-state index in [2.05, 4.69) is 30.3 Å². The molecule has 0 amide bonds. The molecule has 0 bridgehead atoms. The second kappa shape index (κ2) is 4.99. The van der Waals surface area contributed by atoms with Crippen LogP contribution in [0.2, 0.25) is 0 Å². The van der Waals surface area contributed by atoms with E-state index in [4.69, 9.17) is 11.1 Å². The highest BCUT2D eigenvalue weighted by Crippen LogP contribution is 2.36. The van der Waals surface area contributed by atoms with Crippen LogP contribution in [-0.4, -0.2) is 8.83 Å². The van der Waals surface area contributed by atoms with Crippen LogP contribution in [0.25, 0.3) is 0 Å². The van der Waals surface area contributed by atoms with Crippen molar-refractivity contribution in [2.24, 2.45) is 5.92 Å². The van der Waals surface area contributed by atoms with Crippen LogP contribution in [0, 0.1) is 5.92 Å². The fraction of sp³-hybridized carbons (Fsp3) is 0.500. The molecule has 0 aliphatic heterocycles. The minimum absolute atomic E-state index is 0.428. The van der Waals surface area contributed by atoms with E-state index < -0.39 is 8.83 Å². The molecule has 1 aliphatic rings. The van der Waals surface area contributed by atoms with Gasteiger partial charge in [0.25, 0.3) is 0 Å². The van der Waals surface area contributed by atoms with E-state index >= 15 is 0 Å². The zero-order valence-corrected chi connectivity index (χ0v) is 10.6. The highest BCUT2D eigenvalue weighted by atomic mass is 35.6. The van der Waals surface area contributed by atoms with Crippen molar-refractivity contribution in [2.45, 2.75) is 31.2 Å². The maximum atomic E-state index is 6.22. The Bertz CT molecular complexity index is 267. The third kappa shape index (κ3) is 2.21. The Hall–Kier alpha value is -0.273. The third-order valence-corrected chi connectivity index (χ3v) is 5.83. The number of hydrogen-bond acceptors (Lipinski definition) is 0. The van der Waals surface area contributed by atoms with Gasteiger partial charge in [0.05, 0.1) is 0 Å². The van der Waals surface area contributed by atoms with Gasteiger partial charge in [-0.05, 0) is 17.0 Å². The van der Waals surface area contributed by atoms with Gasteiger partial charge in [-0.1, -0.05) is 56.0 Å². The molecule has 0 saturated heterocycles. The SMILES string of the molecule is Cl[SiH2]C(c1ccccc1)C1CCCC1. The molecule has 1 aliphatic carbocycles. The second-order valence-corrected chi connectivity index (χ2v) is 6.33. The number of rotatable bonds is 3. The van der Waals surface area contributed by atoms with Crippen LogP contribution in [-0.2, 0) is 0 Å². The molecule has 2 heteroatoms. The van der Waals surface area contributed by atoms with Crippen LogP contribution in [0.5, 0.6) is 0 Å². The van der Waals surface area contributed by atoms with Crippen LogP contribution in [0.1, 0.15) is 36.8 Å². The lowest BCUT2D eigenvalue weighted by atomic mass is 9.97. The molecule has 1 atom stereocenters. The average Bonchev–Trinajstić information content (AvgIpc) is 2.74. The van der Waals surface area contributed by atoms with Gasteiger partial charge in [0.15, 0.2) is 0 Å². The summed E-state index contributed by atoms with van der Waals surface area (Å²) in [7, 11) is -0.428. The van der Waals surface area contributed by atoms with Gasteiger partial charge in [0.1, 0.15) is 8.83 Å². The maximum Gasteiger partial charge on any atom is 0.133 e. The summed E-state index contributed by atoms with van der Waals surface area (Å²) in [5.41, 5.74) is 2.21. The van der Waals surface area contributed by atoms with Gasteiger partial charge >= 0.3 is 0 Å². The first kappa shape index (κ1) is 10.3. The van der Waals surface area contributed by atoms with Crippen LogP contribution in [0.15, 0.2) is 30.3 Å². The summed E-state index contributed by atoms with van der Waals surface area (Å²) in [6.07, 6.45) is 5.64. The van der Waals surface area contributed by atoms with Gasteiger partial charge in [0.2, 0.25) is 0 Å². The van der Waals surface area contributed by atoms with Crippen molar-refractivity contribution in [3.63, 3.8) is 0 Å². The Morgan fingerprint density at radius 1 is 1.14 bits per heavy atom. The molecule has 0 heterocycles. The summed E-state index contributed by atoms with van der Waals surface area (Å²) in [5.74, 6) is 0.890. The molecule has 1 fully saturated rings. The van der Waals surface area contributed by atoms with E-state index in [1.54, 1.807) is 0 Å². The van der Waals surface area contributed by atoms with Crippen molar-refractivity contribution in [3.05, 3.63) is 35.9 Å². The van der Waals surface area contributed by atoms with Gasteiger partial charge in [-0.3, -0.25) is 0 Å². The van der Waals surface area contributed by atoms with Gasteiger partial charge in [-0.15, -0.1) is 0 Å². The van der Waals surface area contributed by atoms with Crippen LogP contribution >= 0.6 is 11.1 Å². The van der Waals surface area contributed by atoms with E-state index in [9.17, 15) is 0 Å². The topological polar surface area (TPSA) is 0 Å². The first-order chi connectivity index (χ1) is 6.92. The van der Waals surface area contributed by atoms with Crippen molar-refractivity contribution in [1.29, 1.82) is 0 Å². The van der Waals surface area contributed by atoms with Crippen LogP contribution in [0.3, 0.4) is 0 Å². The highest BCUT2D eigenvalue weighted by molar-refractivity contribution is 6.94. The average molecular weight is 225 g/mol. The molecule has 14 heavy (non-hydrogen) atoms. The summed E-state index contributed by atoms with van der Waals surface area (Å²) in [4.78, 5) is 0. The Morgan fingerprint density at radius 3 is 2.36 bits per heavy atom. The van der Waals surface area contributed by atoms with E-state index in [1.807, 2.05) is 0 Å². The lowest BCUT2D eigenvalue weighted by molar-refractivity contribution is 0.527. The van der Waals surface area contributed by atoms with Crippen LogP contribution in [0.4, 0.5) is 0 Å². The summed E-state index contributed by atoms with van der Waals surface area (Å²) in [5, 5.41) is 0. The molecule has 0 aromatic heterocycles. The lowest BCUT2D eigenvalue weighted by Crippen LogP contribution is -2.13. The van der Waals surface area contributed by atoms with Gasteiger partial charge in [-0.25, -0.2) is 0 Å². The van der Waals surface area contributed by atoms with Crippen LogP contribution < -0.4 is 0 Å². The predicted molar refractivity (Wildman–Crippen MR) is 65.5 cm³/mol. The monoisotopic (exact) mass is 224 g/mol. The Balaban J connectivity index is 2.12. The van der Waals surface area contributed by atoms with Gasteiger partial charge in [0, 0.05) is 0 Å². The molecule has 0 N–H and O–H groups in total. The number of benzene rings is 1. The number of hydrogen-bond donors (Lipinski definition) is 0. The summed E-state index contributed by atoms with van der Waals surface area (Å²) in [6, 6.07) is 10.9. The van der Waals surface area contributed by atoms with Crippen molar-refractivity contribution in [3.8, 4) is 0 Å².